The Hall–Kier alpha value is -1.38. The highest BCUT2D eigenvalue weighted by atomic mass is 15.2. The van der Waals surface area contributed by atoms with Gasteiger partial charge < -0.3 is 5.73 Å². The first kappa shape index (κ1) is 11.4. The van der Waals surface area contributed by atoms with Crippen LogP contribution in [0.3, 0.4) is 0 Å². The Kier molecular flexibility index (Phi) is 2.44. The van der Waals surface area contributed by atoms with Gasteiger partial charge in [0.1, 0.15) is 0 Å². The Bertz CT molecular complexity index is 485. The van der Waals surface area contributed by atoms with Gasteiger partial charge in [-0.25, -0.2) is 0 Å². The van der Waals surface area contributed by atoms with E-state index in [1.165, 1.54) is 38.5 Å². The van der Waals surface area contributed by atoms with Gasteiger partial charge in [0.25, 0.3) is 0 Å². The molecule has 0 aromatic heterocycles. The van der Waals surface area contributed by atoms with Gasteiger partial charge in [-0.1, -0.05) is 6.07 Å². The van der Waals surface area contributed by atoms with E-state index in [0.717, 1.165) is 29.1 Å². The number of nitrogens with zero attached hydrogens (tertiary/aromatic N) is 2. The van der Waals surface area contributed by atoms with Crippen molar-refractivity contribution in [1.29, 1.82) is 0 Å². The SMILES string of the molecule is Nc1cccc(N=NC23CC4CC(CC(C4)C2)C3)c1. The fraction of sp³-hybridized carbons (Fsp3) is 0.625. The predicted molar refractivity (Wildman–Crippen MR) is 76.3 cm³/mol. The smallest absolute Gasteiger partial charge is 0.0873 e. The molecule has 0 unspecified atom stereocenters. The van der Waals surface area contributed by atoms with Crippen LogP contribution in [0.25, 0.3) is 0 Å². The molecule has 4 aliphatic carbocycles. The predicted octanol–water partition coefficient (Wildman–Crippen LogP) is 4.32. The second kappa shape index (κ2) is 4.06. The Morgan fingerprint density at radius 2 is 1.63 bits per heavy atom. The highest BCUT2D eigenvalue weighted by molar-refractivity contribution is 5.50. The average molecular weight is 255 g/mol. The summed E-state index contributed by atoms with van der Waals surface area (Å²) in [6.45, 7) is 0. The molecule has 100 valence electrons. The number of hydrogen-bond donors (Lipinski definition) is 1. The normalized spacial score (nSPS) is 40.1. The fourth-order valence-electron chi connectivity index (χ4n) is 4.94. The van der Waals surface area contributed by atoms with Crippen molar-refractivity contribution in [3.63, 3.8) is 0 Å². The summed E-state index contributed by atoms with van der Waals surface area (Å²) in [6, 6.07) is 7.73. The Labute approximate surface area is 114 Å². The highest BCUT2D eigenvalue weighted by Gasteiger charge is 2.51. The number of benzene rings is 1. The number of nitrogens with two attached hydrogens (primary N) is 1. The van der Waals surface area contributed by atoms with Gasteiger partial charge in [-0.15, -0.1) is 0 Å². The van der Waals surface area contributed by atoms with Crippen LogP contribution >= 0.6 is 0 Å². The second-order valence-corrected chi connectivity index (χ2v) is 6.94. The third kappa shape index (κ3) is 2.05. The van der Waals surface area contributed by atoms with Gasteiger partial charge in [-0.3, -0.25) is 0 Å². The van der Waals surface area contributed by atoms with Crippen LogP contribution in [0.4, 0.5) is 11.4 Å². The van der Waals surface area contributed by atoms with Crippen LogP contribution in [0, 0.1) is 17.8 Å². The quantitative estimate of drug-likeness (QED) is 0.621. The van der Waals surface area contributed by atoms with Crippen LogP contribution < -0.4 is 5.73 Å². The van der Waals surface area contributed by atoms with E-state index in [-0.39, 0.29) is 5.54 Å². The molecular formula is C16H21N3. The maximum atomic E-state index is 5.79. The Morgan fingerprint density at radius 3 is 2.21 bits per heavy atom. The fourth-order valence-corrected chi connectivity index (χ4v) is 4.94. The van der Waals surface area contributed by atoms with E-state index < -0.39 is 0 Å². The van der Waals surface area contributed by atoms with Gasteiger partial charge >= 0.3 is 0 Å². The number of rotatable bonds is 2. The number of anilines is 1. The van der Waals surface area contributed by atoms with Gasteiger partial charge in [-0.2, -0.15) is 10.2 Å². The summed E-state index contributed by atoms with van der Waals surface area (Å²) in [7, 11) is 0. The summed E-state index contributed by atoms with van der Waals surface area (Å²) in [6.07, 6.45) is 8.16. The third-order valence-electron chi connectivity index (χ3n) is 5.25. The van der Waals surface area contributed by atoms with Crippen molar-refractivity contribution in [2.45, 2.75) is 44.1 Å². The number of nitrogen functional groups attached to an aromatic ring is 1. The van der Waals surface area contributed by atoms with Gasteiger partial charge in [0, 0.05) is 5.69 Å². The molecule has 4 fully saturated rings. The van der Waals surface area contributed by atoms with Crippen LogP contribution in [0.2, 0.25) is 0 Å². The highest BCUT2D eigenvalue weighted by Crippen LogP contribution is 2.57. The summed E-state index contributed by atoms with van der Waals surface area (Å²) in [5.74, 6) is 2.77. The molecule has 0 amide bonds. The van der Waals surface area contributed by atoms with Gasteiger partial charge in [0.15, 0.2) is 0 Å². The molecule has 3 heteroatoms. The molecule has 19 heavy (non-hydrogen) atoms. The minimum atomic E-state index is 0.166. The zero-order chi connectivity index (χ0) is 12.9. The van der Waals surface area contributed by atoms with Crippen molar-refractivity contribution in [2.75, 3.05) is 5.73 Å². The zero-order valence-corrected chi connectivity index (χ0v) is 11.3. The molecule has 0 atom stereocenters. The molecule has 0 aliphatic heterocycles. The summed E-state index contributed by atoms with van der Waals surface area (Å²) in [4.78, 5) is 0. The molecule has 1 aromatic rings. The molecule has 0 radical (unpaired) electrons. The first-order chi connectivity index (χ1) is 9.21. The first-order valence-electron chi connectivity index (χ1n) is 7.49. The number of azo groups is 1. The minimum Gasteiger partial charge on any atom is -0.399 e. The van der Waals surface area contributed by atoms with Crippen LogP contribution in [0.15, 0.2) is 34.5 Å². The lowest BCUT2D eigenvalue weighted by Crippen LogP contribution is -2.49. The van der Waals surface area contributed by atoms with Crippen molar-refractivity contribution >= 4 is 11.4 Å². The number of hydrogen-bond acceptors (Lipinski definition) is 3. The second-order valence-electron chi connectivity index (χ2n) is 6.94. The van der Waals surface area contributed by atoms with Gasteiger partial charge in [0.05, 0.1) is 11.2 Å². The lowest BCUT2D eigenvalue weighted by molar-refractivity contribution is -0.00155. The molecule has 4 bridgehead atoms. The van der Waals surface area contributed by atoms with E-state index in [9.17, 15) is 0 Å². The van der Waals surface area contributed by atoms with E-state index >= 15 is 0 Å². The molecule has 0 heterocycles. The van der Waals surface area contributed by atoms with Gasteiger partial charge in [-0.05, 0) is 74.5 Å². The molecule has 0 saturated heterocycles. The Morgan fingerprint density at radius 1 is 1.00 bits per heavy atom. The average Bonchev–Trinajstić information content (AvgIpc) is 2.35. The zero-order valence-electron chi connectivity index (χ0n) is 11.3. The molecule has 4 aliphatic rings. The summed E-state index contributed by atoms with van der Waals surface area (Å²) < 4.78 is 0. The van der Waals surface area contributed by atoms with Crippen molar-refractivity contribution in [2.24, 2.45) is 28.0 Å². The van der Waals surface area contributed by atoms with Crippen molar-refractivity contribution in [1.82, 2.24) is 0 Å². The van der Waals surface area contributed by atoms with E-state index in [1.54, 1.807) is 0 Å². The van der Waals surface area contributed by atoms with Crippen molar-refractivity contribution < 1.29 is 0 Å². The molecule has 4 saturated carbocycles. The molecule has 3 nitrogen and oxygen atoms in total. The van der Waals surface area contributed by atoms with E-state index in [2.05, 4.69) is 5.11 Å². The molecule has 0 spiro atoms. The van der Waals surface area contributed by atoms with Crippen molar-refractivity contribution in [3.8, 4) is 0 Å². The molecule has 1 aromatic carbocycles. The largest absolute Gasteiger partial charge is 0.399 e. The van der Waals surface area contributed by atoms with Crippen molar-refractivity contribution in [3.05, 3.63) is 24.3 Å². The van der Waals surface area contributed by atoms with E-state index in [1.807, 2.05) is 24.3 Å². The monoisotopic (exact) mass is 255 g/mol. The topological polar surface area (TPSA) is 50.7 Å². The van der Waals surface area contributed by atoms with Crippen LogP contribution in [-0.4, -0.2) is 5.54 Å². The first-order valence-corrected chi connectivity index (χ1v) is 7.49. The van der Waals surface area contributed by atoms with Crippen LogP contribution in [0.1, 0.15) is 38.5 Å². The standard InChI is InChI=1S/C16H21N3/c17-14-2-1-3-15(7-14)18-19-16-8-11-4-12(9-16)6-13(5-11)10-16/h1-3,7,11-13H,4-6,8-10,17H2. The minimum absolute atomic E-state index is 0.166. The summed E-state index contributed by atoms with van der Waals surface area (Å²) in [5, 5.41) is 9.30. The lowest BCUT2D eigenvalue weighted by atomic mass is 9.53. The van der Waals surface area contributed by atoms with E-state index in [0.29, 0.717) is 0 Å². The van der Waals surface area contributed by atoms with Crippen LogP contribution in [-0.2, 0) is 0 Å². The Balaban J connectivity index is 1.59. The maximum Gasteiger partial charge on any atom is 0.0873 e. The van der Waals surface area contributed by atoms with Crippen LogP contribution in [0.5, 0.6) is 0 Å². The summed E-state index contributed by atoms with van der Waals surface area (Å²) >= 11 is 0. The molecular weight excluding hydrogens is 234 g/mol. The van der Waals surface area contributed by atoms with E-state index in [4.69, 9.17) is 10.8 Å². The molecule has 5 rings (SSSR count). The maximum absolute atomic E-state index is 5.79. The van der Waals surface area contributed by atoms with Gasteiger partial charge in [0.2, 0.25) is 0 Å². The summed E-state index contributed by atoms with van der Waals surface area (Å²) in [5.41, 5.74) is 7.62. The third-order valence-corrected chi connectivity index (χ3v) is 5.25. The lowest BCUT2D eigenvalue weighted by Gasteiger charge is -2.54. The molecule has 2 N–H and O–H groups in total.